The lowest BCUT2D eigenvalue weighted by atomic mass is 10.0. The molecular weight excluding hydrogens is 371 g/mol. The van der Waals surface area contributed by atoms with E-state index in [1.807, 2.05) is 12.1 Å². The van der Waals surface area contributed by atoms with Crippen molar-refractivity contribution in [1.82, 2.24) is 4.90 Å². The number of hydrogen-bond acceptors (Lipinski definition) is 3. The van der Waals surface area contributed by atoms with Crippen LogP contribution < -0.4 is 5.32 Å². The summed E-state index contributed by atoms with van der Waals surface area (Å²) in [7, 11) is 0. The molecule has 1 atom stereocenters. The summed E-state index contributed by atoms with van der Waals surface area (Å²) in [5.41, 5.74) is 1.02. The smallest absolute Gasteiger partial charge is 0.258 e. The van der Waals surface area contributed by atoms with Gasteiger partial charge in [0, 0.05) is 17.6 Å². The van der Waals surface area contributed by atoms with Crippen LogP contribution in [0.5, 0.6) is 5.75 Å². The van der Waals surface area contributed by atoms with Crippen LogP contribution in [-0.2, 0) is 4.79 Å². The maximum absolute atomic E-state index is 13.8. The fourth-order valence-corrected chi connectivity index (χ4v) is 3.76. The Morgan fingerprint density at radius 3 is 2.72 bits per heavy atom. The van der Waals surface area contributed by atoms with Crippen molar-refractivity contribution in [3.63, 3.8) is 0 Å². The normalized spacial score (nSPS) is 16.2. The van der Waals surface area contributed by atoms with Crippen molar-refractivity contribution in [3.05, 3.63) is 71.5 Å². The van der Waals surface area contributed by atoms with Crippen LogP contribution in [0, 0.1) is 12.7 Å². The minimum atomic E-state index is -0.669. The lowest BCUT2D eigenvalue weighted by Crippen LogP contribution is -2.43. The molecule has 0 saturated carbocycles. The minimum absolute atomic E-state index is 0.0836. The summed E-state index contributed by atoms with van der Waals surface area (Å²) < 4.78 is 13.8. The summed E-state index contributed by atoms with van der Waals surface area (Å²) in [5.74, 6) is -1.23. The predicted molar refractivity (Wildman–Crippen MR) is 109 cm³/mol. The van der Waals surface area contributed by atoms with Crippen molar-refractivity contribution in [3.8, 4) is 5.75 Å². The van der Waals surface area contributed by atoms with Crippen LogP contribution in [0.3, 0.4) is 0 Å². The molecule has 2 amide bonds. The van der Waals surface area contributed by atoms with Gasteiger partial charge in [-0.15, -0.1) is 0 Å². The number of likely N-dealkylation sites (tertiary alicyclic amines) is 1. The van der Waals surface area contributed by atoms with Crippen molar-refractivity contribution in [1.29, 1.82) is 0 Å². The highest BCUT2D eigenvalue weighted by Gasteiger charge is 2.35. The molecule has 5 nitrogen and oxygen atoms in total. The third-order valence-corrected chi connectivity index (χ3v) is 5.39. The number of benzene rings is 3. The standard InChI is InChI=1S/C23H21FN2O3/c1-14-8-10-16(13-19(14)24)25-22(28)20-7-4-12-26(20)23(29)18-11-9-15-5-2-3-6-17(15)21(18)27/h2-3,5-6,8-11,13,20,27H,4,7,12H2,1H3,(H,25,28). The van der Waals surface area contributed by atoms with Gasteiger partial charge in [0.25, 0.3) is 5.91 Å². The number of nitrogens with zero attached hydrogens (tertiary/aromatic N) is 1. The Morgan fingerprint density at radius 1 is 1.14 bits per heavy atom. The lowest BCUT2D eigenvalue weighted by Gasteiger charge is -2.24. The second-order valence-electron chi connectivity index (χ2n) is 7.29. The average Bonchev–Trinajstić information content (AvgIpc) is 3.21. The maximum atomic E-state index is 13.8. The van der Waals surface area contributed by atoms with Gasteiger partial charge in [-0.05, 0) is 48.9 Å². The van der Waals surface area contributed by atoms with Crippen molar-refractivity contribution in [2.24, 2.45) is 0 Å². The number of halogens is 1. The molecule has 1 fully saturated rings. The van der Waals surface area contributed by atoms with E-state index in [1.54, 1.807) is 43.3 Å². The Morgan fingerprint density at radius 2 is 1.93 bits per heavy atom. The summed E-state index contributed by atoms with van der Waals surface area (Å²) >= 11 is 0. The Labute approximate surface area is 167 Å². The van der Waals surface area contributed by atoms with E-state index in [0.717, 1.165) is 5.39 Å². The van der Waals surface area contributed by atoms with Gasteiger partial charge in [-0.25, -0.2) is 4.39 Å². The van der Waals surface area contributed by atoms with Crippen molar-refractivity contribution < 1.29 is 19.1 Å². The summed E-state index contributed by atoms with van der Waals surface area (Å²) in [6.07, 6.45) is 1.20. The van der Waals surface area contributed by atoms with Gasteiger partial charge in [0.05, 0.1) is 5.56 Å². The van der Waals surface area contributed by atoms with E-state index < -0.39 is 11.9 Å². The summed E-state index contributed by atoms with van der Waals surface area (Å²) in [6, 6.07) is 14.5. The zero-order valence-corrected chi connectivity index (χ0v) is 16.0. The molecular formula is C23H21FN2O3. The van der Waals surface area contributed by atoms with Gasteiger partial charge in [0.2, 0.25) is 5.91 Å². The number of phenolic OH excluding ortho intramolecular Hbond substituents is 1. The van der Waals surface area contributed by atoms with E-state index in [2.05, 4.69) is 5.32 Å². The van der Waals surface area contributed by atoms with Crippen LogP contribution in [0.1, 0.15) is 28.8 Å². The van der Waals surface area contributed by atoms with Crippen molar-refractivity contribution in [2.45, 2.75) is 25.8 Å². The number of anilines is 1. The number of hydrogen-bond donors (Lipinski definition) is 2. The Hall–Kier alpha value is -3.41. The zero-order chi connectivity index (χ0) is 20.5. The molecule has 148 valence electrons. The molecule has 3 aromatic rings. The summed E-state index contributed by atoms with van der Waals surface area (Å²) in [5, 5.41) is 14.7. The predicted octanol–water partition coefficient (Wildman–Crippen LogP) is 4.24. The highest BCUT2D eigenvalue weighted by molar-refractivity contribution is 6.06. The number of rotatable bonds is 3. The zero-order valence-electron chi connectivity index (χ0n) is 16.0. The van der Waals surface area contributed by atoms with E-state index in [9.17, 15) is 19.1 Å². The van der Waals surface area contributed by atoms with E-state index >= 15 is 0 Å². The highest BCUT2D eigenvalue weighted by Crippen LogP contribution is 2.31. The molecule has 6 heteroatoms. The topological polar surface area (TPSA) is 69.6 Å². The molecule has 1 heterocycles. The van der Waals surface area contributed by atoms with Gasteiger partial charge in [0.1, 0.15) is 17.6 Å². The number of fused-ring (bicyclic) bond motifs is 1. The van der Waals surface area contributed by atoms with E-state index in [1.165, 1.54) is 11.0 Å². The first kappa shape index (κ1) is 18.9. The number of phenols is 1. The SMILES string of the molecule is Cc1ccc(NC(=O)C2CCCN2C(=O)c2ccc3ccccc3c2O)cc1F. The molecule has 1 aliphatic heterocycles. The highest BCUT2D eigenvalue weighted by atomic mass is 19.1. The van der Waals surface area contributed by atoms with Crippen molar-refractivity contribution in [2.75, 3.05) is 11.9 Å². The first-order valence-corrected chi connectivity index (χ1v) is 9.54. The molecule has 0 bridgehead atoms. The van der Waals surface area contributed by atoms with E-state index in [4.69, 9.17) is 0 Å². The van der Waals surface area contributed by atoms with Crippen LogP contribution >= 0.6 is 0 Å². The maximum Gasteiger partial charge on any atom is 0.258 e. The third kappa shape index (κ3) is 3.53. The Bertz CT molecular complexity index is 1110. The Balaban J connectivity index is 1.57. The van der Waals surface area contributed by atoms with Crippen molar-refractivity contribution >= 4 is 28.3 Å². The van der Waals surface area contributed by atoms with Crippen LogP contribution in [0.15, 0.2) is 54.6 Å². The first-order valence-electron chi connectivity index (χ1n) is 9.54. The monoisotopic (exact) mass is 392 g/mol. The minimum Gasteiger partial charge on any atom is -0.506 e. The van der Waals surface area contributed by atoms with Gasteiger partial charge in [0.15, 0.2) is 0 Å². The van der Waals surface area contributed by atoms with Gasteiger partial charge >= 0.3 is 0 Å². The van der Waals surface area contributed by atoms with Crippen LogP contribution in [0.25, 0.3) is 10.8 Å². The van der Waals surface area contributed by atoms with Crippen LogP contribution in [-0.4, -0.2) is 34.4 Å². The molecule has 1 unspecified atom stereocenters. The van der Waals surface area contributed by atoms with Crippen LogP contribution in [0.4, 0.5) is 10.1 Å². The molecule has 3 aromatic carbocycles. The number of amides is 2. The summed E-state index contributed by atoms with van der Waals surface area (Å²) in [4.78, 5) is 27.3. The fraction of sp³-hybridized carbons (Fsp3) is 0.217. The molecule has 29 heavy (non-hydrogen) atoms. The number of carbonyl (C=O) groups is 2. The molecule has 1 aliphatic rings. The molecule has 0 radical (unpaired) electrons. The molecule has 0 spiro atoms. The third-order valence-electron chi connectivity index (χ3n) is 5.39. The quantitative estimate of drug-likeness (QED) is 0.701. The average molecular weight is 392 g/mol. The lowest BCUT2D eigenvalue weighted by molar-refractivity contribution is -0.119. The summed E-state index contributed by atoms with van der Waals surface area (Å²) in [6.45, 7) is 2.07. The van der Waals surface area contributed by atoms with Gasteiger partial charge < -0.3 is 15.3 Å². The van der Waals surface area contributed by atoms with Crippen LogP contribution in [0.2, 0.25) is 0 Å². The van der Waals surface area contributed by atoms with Gasteiger partial charge in [-0.3, -0.25) is 9.59 Å². The molecule has 0 aromatic heterocycles. The molecule has 2 N–H and O–H groups in total. The number of aromatic hydroxyl groups is 1. The van der Waals surface area contributed by atoms with Gasteiger partial charge in [-0.1, -0.05) is 36.4 Å². The molecule has 4 rings (SSSR count). The fourth-order valence-electron chi connectivity index (χ4n) is 3.76. The van der Waals surface area contributed by atoms with E-state index in [0.29, 0.717) is 36.0 Å². The van der Waals surface area contributed by atoms with Gasteiger partial charge in [-0.2, -0.15) is 0 Å². The number of carbonyl (C=O) groups excluding carboxylic acids is 2. The number of nitrogens with one attached hydrogen (secondary N) is 1. The Kier molecular flexibility index (Phi) is 4.92. The largest absolute Gasteiger partial charge is 0.506 e. The second kappa shape index (κ2) is 7.54. The molecule has 0 aliphatic carbocycles. The number of aryl methyl sites for hydroxylation is 1. The second-order valence-corrected chi connectivity index (χ2v) is 7.29. The molecule has 1 saturated heterocycles. The first-order chi connectivity index (χ1) is 14.0. The van der Waals surface area contributed by atoms with E-state index in [-0.39, 0.29) is 23.1 Å².